The van der Waals surface area contributed by atoms with Gasteiger partial charge in [0.1, 0.15) is 27.8 Å². The van der Waals surface area contributed by atoms with E-state index >= 15 is 0 Å². The van der Waals surface area contributed by atoms with Crippen molar-refractivity contribution >= 4 is 56.2 Å². The van der Waals surface area contributed by atoms with Crippen LogP contribution in [0.5, 0.6) is 23.0 Å². The molecule has 62 heavy (non-hydrogen) atoms. The van der Waals surface area contributed by atoms with Gasteiger partial charge in [0, 0.05) is 49.7 Å². The van der Waals surface area contributed by atoms with Crippen molar-refractivity contribution in [2.75, 3.05) is 58.1 Å². The topological polar surface area (TPSA) is 181 Å². The van der Waals surface area contributed by atoms with Crippen LogP contribution < -0.4 is 50.8 Å². The molecule has 6 N–H and O–H groups in total. The number of rotatable bonds is 16. The normalized spacial score (nSPS) is 13.1. The molecule has 0 fully saturated rings. The first-order valence-corrected chi connectivity index (χ1v) is 20.7. The van der Waals surface area contributed by atoms with E-state index in [9.17, 15) is 0 Å². The average molecular weight is 833 g/mol. The smallest absolute Gasteiger partial charge is 0.406 e. The van der Waals surface area contributed by atoms with Gasteiger partial charge in [-0.3, -0.25) is 0 Å². The fourth-order valence-electron chi connectivity index (χ4n) is 7.40. The number of nitrogens with zero attached hydrogens (tertiary/aromatic N) is 8. The van der Waals surface area contributed by atoms with Crippen molar-refractivity contribution in [3.63, 3.8) is 0 Å². The lowest BCUT2D eigenvalue weighted by molar-refractivity contribution is -0.139. The van der Waals surface area contributed by atoms with E-state index in [1.807, 2.05) is 84.9 Å². The first-order valence-electron chi connectivity index (χ1n) is 20.7. The molecule has 0 bridgehead atoms. The van der Waals surface area contributed by atoms with Gasteiger partial charge in [-0.1, -0.05) is 24.3 Å². The van der Waals surface area contributed by atoms with Crippen molar-refractivity contribution in [3.8, 4) is 34.4 Å². The monoisotopic (exact) mass is 832 g/mol. The van der Waals surface area contributed by atoms with E-state index in [4.69, 9.17) is 30.4 Å². The van der Waals surface area contributed by atoms with E-state index in [2.05, 4.69) is 80.7 Å². The summed E-state index contributed by atoms with van der Waals surface area (Å²) in [4.78, 5) is 7.56. The highest BCUT2D eigenvalue weighted by Crippen LogP contribution is 2.39. The lowest BCUT2D eigenvalue weighted by Gasteiger charge is -2.27. The van der Waals surface area contributed by atoms with Gasteiger partial charge in [-0.25, -0.2) is 0 Å². The summed E-state index contributed by atoms with van der Waals surface area (Å²) in [5.41, 5.74) is 21.8. The molecule has 2 aromatic heterocycles. The van der Waals surface area contributed by atoms with Crippen LogP contribution in [0.4, 0.5) is 34.1 Å². The highest BCUT2D eigenvalue weighted by Gasteiger charge is 2.26. The maximum Gasteiger partial charge on any atom is 0.406 e. The molecule has 0 saturated carbocycles. The third kappa shape index (κ3) is 8.04. The predicted octanol–water partition coefficient (Wildman–Crippen LogP) is 8.03. The molecule has 0 unspecified atom stereocenters. The Morgan fingerprint density at radius 1 is 0.597 bits per heavy atom. The molecular formula is C46H48N12O4. The fourth-order valence-corrected chi connectivity index (χ4v) is 7.40. The van der Waals surface area contributed by atoms with Crippen LogP contribution in [-0.4, -0.2) is 69.0 Å². The van der Waals surface area contributed by atoms with Crippen LogP contribution in [0.25, 0.3) is 33.4 Å². The summed E-state index contributed by atoms with van der Waals surface area (Å²) in [6, 6.07) is 37.9. The molecule has 1 aliphatic rings. The SMILES string of the molecule is CCN(CC)c1ccc(N[C@H]2Nc3ccc(N(CC)CC)cc3O2)c(OC(Oc2ccc(-n3nc4ccccc4n3)cc2N)Oc2ccc(-n3nc4ccccc4n3)cc2N)c1. The van der Waals surface area contributed by atoms with E-state index in [1.54, 1.807) is 24.3 Å². The number of nitrogen functional groups attached to an aromatic ring is 2. The van der Waals surface area contributed by atoms with Crippen LogP contribution in [0, 0.1) is 0 Å². The summed E-state index contributed by atoms with van der Waals surface area (Å²) in [5.74, 6) is 1.77. The van der Waals surface area contributed by atoms with Crippen LogP contribution in [-0.2, 0) is 0 Å². The largest absolute Gasteiger partial charge is 0.450 e. The lowest BCUT2D eigenvalue weighted by atomic mass is 10.2. The van der Waals surface area contributed by atoms with Gasteiger partial charge in [-0.2, -0.15) is 9.59 Å². The molecule has 0 radical (unpaired) electrons. The zero-order valence-corrected chi connectivity index (χ0v) is 34.9. The average Bonchev–Trinajstić information content (AvgIpc) is 4.03. The first-order chi connectivity index (χ1) is 30.3. The molecule has 0 aliphatic carbocycles. The van der Waals surface area contributed by atoms with Gasteiger partial charge in [0.25, 0.3) is 0 Å². The Hall–Kier alpha value is -7.88. The molecule has 0 spiro atoms. The number of ether oxygens (including phenoxy) is 4. The second-order valence-electron chi connectivity index (χ2n) is 14.5. The standard InChI is InChI=1S/C46H48N12O4/c1-5-55(6-2)29-17-21-39-43(27-29)59-45(49-39)50-40-22-18-30(56(7-3)8-4)28-44(40)62-46(60-41-23-19-31(25-33(41)47)57-51-35-13-9-10-14-36(35)52-57)61-42-24-20-32(26-34(42)48)58-53-37-15-11-12-16-38(37)54-58/h9-28,45-46,49-50H,5-8,47-48H2,1-4H3/t45-/m1/s1. The molecule has 16 heteroatoms. The molecule has 16 nitrogen and oxygen atoms in total. The Morgan fingerprint density at radius 2 is 1.06 bits per heavy atom. The Labute approximate surface area is 358 Å². The third-order valence-corrected chi connectivity index (χ3v) is 10.7. The second kappa shape index (κ2) is 17.0. The molecule has 0 saturated heterocycles. The van der Waals surface area contributed by atoms with E-state index in [1.165, 1.54) is 9.59 Å². The molecule has 0 amide bonds. The number of hydrogen-bond acceptors (Lipinski definition) is 14. The minimum absolute atomic E-state index is 0.299. The highest BCUT2D eigenvalue weighted by molar-refractivity contribution is 5.75. The maximum atomic E-state index is 6.73. The first kappa shape index (κ1) is 39.6. The van der Waals surface area contributed by atoms with Gasteiger partial charge in [0.2, 0.25) is 6.35 Å². The summed E-state index contributed by atoms with van der Waals surface area (Å²) in [7, 11) is 0. The molecule has 316 valence electrons. The van der Waals surface area contributed by atoms with Gasteiger partial charge >= 0.3 is 6.48 Å². The zero-order valence-electron chi connectivity index (χ0n) is 34.9. The quantitative estimate of drug-likeness (QED) is 0.0543. The summed E-state index contributed by atoms with van der Waals surface area (Å²) >= 11 is 0. The number of nitrogens with two attached hydrogens (primary N) is 2. The highest BCUT2D eigenvalue weighted by atomic mass is 16.8. The van der Waals surface area contributed by atoms with Crippen LogP contribution in [0.15, 0.2) is 121 Å². The Bertz CT molecular complexity index is 2660. The minimum atomic E-state index is -1.40. The Balaban J connectivity index is 1.04. The van der Waals surface area contributed by atoms with E-state index < -0.39 is 12.8 Å². The predicted molar refractivity (Wildman–Crippen MR) is 244 cm³/mol. The second-order valence-corrected chi connectivity index (χ2v) is 14.5. The number of aromatic nitrogens is 6. The van der Waals surface area contributed by atoms with Gasteiger partial charge in [0.15, 0.2) is 17.2 Å². The molecule has 3 heterocycles. The van der Waals surface area contributed by atoms with Gasteiger partial charge in [-0.15, -0.1) is 20.4 Å². The molecular weight excluding hydrogens is 785 g/mol. The number of fused-ring (bicyclic) bond motifs is 3. The Kier molecular flexibility index (Phi) is 10.9. The van der Waals surface area contributed by atoms with Crippen molar-refractivity contribution in [2.24, 2.45) is 0 Å². The minimum Gasteiger partial charge on any atom is -0.450 e. The summed E-state index contributed by atoms with van der Waals surface area (Å²) in [6.07, 6.45) is -0.606. The van der Waals surface area contributed by atoms with Crippen LogP contribution in [0.2, 0.25) is 0 Å². The number of anilines is 6. The molecule has 8 aromatic rings. The number of nitrogens with one attached hydrogen (secondary N) is 2. The number of hydrogen-bond donors (Lipinski definition) is 4. The van der Waals surface area contributed by atoms with Crippen LogP contribution >= 0.6 is 0 Å². The summed E-state index contributed by atoms with van der Waals surface area (Å²) in [6.45, 7) is 10.4. The molecule has 1 atom stereocenters. The summed E-state index contributed by atoms with van der Waals surface area (Å²) in [5, 5.41) is 25.3. The lowest BCUT2D eigenvalue weighted by Crippen LogP contribution is -2.33. The van der Waals surface area contributed by atoms with E-state index in [-0.39, 0.29) is 0 Å². The van der Waals surface area contributed by atoms with Gasteiger partial charge in [0.05, 0.1) is 34.1 Å². The van der Waals surface area contributed by atoms with Gasteiger partial charge < -0.3 is 50.8 Å². The van der Waals surface area contributed by atoms with E-state index in [0.29, 0.717) is 45.7 Å². The third-order valence-electron chi connectivity index (χ3n) is 10.7. The molecule has 9 rings (SSSR count). The van der Waals surface area contributed by atoms with E-state index in [0.717, 1.165) is 71.1 Å². The summed E-state index contributed by atoms with van der Waals surface area (Å²) < 4.78 is 26.1. The fraction of sp³-hybridized carbons (Fsp3) is 0.217. The molecule has 6 aromatic carbocycles. The van der Waals surface area contributed by atoms with Crippen molar-refractivity contribution in [1.29, 1.82) is 0 Å². The molecule has 1 aliphatic heterocycles. The maximum absolute atomic E-state index is 6.73. The van der Waals surface area contributed by atoms with Crippen molar-refractivity contribution in [1.82, 2.24) is 30.0 Å². The van der Waals surface area contributed by atoms with Crippen LogP contribution in [0.3, 0.4) is 0 Å². The van der Waals surface area contributed by atoms with Crippen molar-refractivity contribution < 1.29 is 18.9 Å². The zero-order chi connectivity index (χ0) is 42.7. The van der Waals surface area contributed by atoms with Crippen molar-refractivity contribution in [3.05, 3.63) is 121 Å². The number of benzene rings is 6. The van der Waals surface area contributed by atoms with Gasteiger partial charge in [-0.05, 0) is 113 Å². The Morgan fingerprint density at radius 3 is 1.55 bits per heavy atom. The van der Waals surface area contributed by atoms with Crippen molar-refractivity contribution in [2.45, 2.75) is 40.5 Å². The van der Waals surface area contributed by atoms with Crippen LogP contribution in [0.1, 0.15) is 27.7 Å².